The molecule has 4 N–H and O–H groups in total. The SMILES string of the molecule is COc1cccc2[nH]c(C(=O)NCC(=O)N[C@@H](C[C@@H]3CCCNC3=O)C(=O)COc3ccc(S(C)(=O)=O)cc3)cc12. The van der Waals surface area contributed by atoms with Crippen LogP contribution in [0.3, 0.4) is 0 Å². The summed E-state index contributed by atoms with van der Waals surface area (Å²) in [6.07, 6.45) is 2.48. The van der Waals surface area contributed by atoms with E-state index in [1.54, 1.807) is 24.3 Å². The molecule has 2 aromatic carbocycles. The average Bonchev–Trinajstić information content (AvgIpc) is 3.40. The Morgan fingerprint density at radius 2 is 1.88 bits per heavy atom. The third-order valence-electron chi connectivity index (χ3n) is 6.77. The number of carbonyl (C=O) groups is 4. The molecule has 13 heteroatoms. The summed E-state index contributed by atoms with van der Waals surface area (Å²) in [5, 5.41) is 8.65. The quantitative estimate of drug-likeness (QED) is 0.247. The molecule has 0 saturated carbocycles. The first-order valence-electron chi connectivity index (χ1n) is 13.0. The molecule has 0 unspecified atom stereocenters. The molecule has 4 rings (SSSR count). The van der Waals surface area contributed by atoms with Gasteiger partial charge in [-0.1, -0.05) is 6.07 Å². The number of ether oxygens (including phenoxy) is 2. The highest BCUT2D eigenvalue weighted by atomic mass is 32.2. The number of ketones is 1. The molecule has 218 valence electrons. The van der Waals surface area contributed by atoms with Crippen molar-refractivity contribution >= 4 is 44.2 Å². The fraction of sp³-hybridized carbons (Fsp3) is 0.357. The lowest BCUT2D eigenvalue weighted by atomic mass is 9.90. The van der Waals surface area contributed by atoms with Crippen molar-refractivity contribution in [3.8, 4) is 11.5 Å². The number of nitrogens with one attached hydrogen (secondary N) is 4. The Morgan fingerprint density at radius 1 is 1.12 bits per heavy atom. The van der Waals surface area contributed by atoms with Crippen LogP contribution in [-0.4, -0.2) is 76.0 Å². The van der Waals surface area contributed by atoms with Crippen LogP contribution in [0.1, 0.15) is 29.8 Å². The molecule has 1 aromatic heterocycles. The molecule has 12 nitrogen and oxygen atoms in total. The minimum atomic E-state index is -3.38. The van der Waals surface area contributed by atoms with Crippen LogP contribution in [0.4, 0.5) is 0 Å². The number of amides is 3. The fourth-order valence-corrected chi connectivity index (χ4v) is 5.21. The number of Topliss-reactive ketones (excluding diaryl/α,β-unsaturated/α-hetero) is 1. The Hall–Kier alpha value is -4.39. The van der Waals surface area contributed by atoms with Gasteiger partial charge in [0, 0.05) is 29.6 Å². The molecule has 2 atom stereocenters. The number of carbonyl (C=O) groups excluding carboxylic acids is 4. The summed E-state index contributed by atoms with van der Waals surface area (Å²) in [5.74, 6) is -1.40. The number of benzene rings is 2. The number of piperidine rings is 1. The number of fused-ring (bicyclic) bond motifs is 1. The topological polar surface area (TPSA) is 173 Å². The van der Waals surface area contributed by atoms with Gasteiger partial charge in [0.1, 0.15) is 23.8 Å². The summed E-state index contributed by atoms with van der Waals surface area (Å²) in [7, 11) is -1.86. The average molecular weight is 585 g/mol. The predicted molar refractivity (Wildman–Crippen MR) is 150 cm³/mol. The van der Waals surface area contributed by atoms with Gasteiger partial charge in [-0.3, -0.25) is 19.2 Å². The fourth-order valence-electron chi connectivity index (χ4n) is 4.58. The van der Waals surface area contributed by atoms with E-state index in [-0.39, 0.29) is 28.7 Å². The number of H-pyrrole nitrogens is 1. The molecular weight excluding hydrogens is 552 g/mol. The first kappa shape index (κ1) is 29.6. The van der Waals surface area contributed by atoms with Crippen molar-refractivity contribution < 1.29 is 37.1 Å². The lowest BCUT2D eigenvalue weighted by Gasteiger charge is -2.26. The number of methoxy groups -OCH3 is 1. The number of aromatic nitrogens is 1. The molecule has 0 aliphatic carbocycles. The lowest BCUT2D eigenvalue weighted by Crippen LogP contribution is -2.49. The maximum atomic E-state index is 13.1. The van der Waals surface area contributed by atoms with Gasteiger partial charge >= 0.3 is 0 Å². The number of aromatic amines is 1. The van der Waals surface area contributed by atoms with E-state index >= 15 is 0 Å². The number of sulfone groups is 1. The van der Waals surface area contributed by atoms with Crippen molar-refractivity contribution in [3.63, 3.8) is 0 Å². The predicted octanol–water partition coefficient (Wildman–Crippen LogP) is 1.36. The second kappa shape index (κ2) is 12.9. The molecule has 3 amide bonds. The van der Waals surface area contributed by atoms with E-state index in [0.717, 1.165) is 12.7 Å². The molecule has 0 radical (unpaired) electrons. The first-order valence-corrected chi connectivity index (χ1v) is 14.9. The van der Waals surface area contributed by atoms with Crippen LogP contribution in [0.15, 0.2) is 53.4 Å². The zero-order valence-corrected chi connectivity index (χ0v) is 23.5. The second-order valence-corrected chi connectivity index (χ2v) is 11.8. The van der Waals surface area contributed by atoms with E-state index in [2.05, 4.69) is 20.9 Å². The Labute approximate surface area is 237 Å². The molecule has 2 heterocycles. The second-order valence-electron chi connectivity index (χ2n) is 9.77. The summed E-state index contributed by atoms with van der Waals surface area (Å²) < 4.78 is 34.2. The maximum Gasteiger partial charge on any atom is 0.268 e. The lowest BCUT2D eigenvalue weighted by molar-refractivity contribution is -0.131. The van der Waals surface area contributed by atoms with Gasteiger partial charge in [0.2, 0.25) is 11.8 Å². The van der Waals surface area contributed by atoms with Crippen molar-refractivity contribution in [3.05, 3.63) is 54.2 Å². The van der Waals surface area contributed by atoms with Crippen LogP contribution in [0, 0.1) is 5.92 Å². The van der Waals surface area contributed by atoms with Gasteiger partial charge in [-0.25, -0.2) is 8.42 Å². The standard InChI is InChI=1S/C28H32N4O8S/c1-39-25-7-3-6-21-20(25)14-23(31-21)28(36)30-15-26(34)32-22(13-17-5-4-12-29-27(17)35)24(33)16-40-18-8-10-19(11-9-18)41(2,37)38/h3,6-11,14,17,22,31H,4-5,12-13,15-16H2,1-2H3,(H,29,35)(H,30,36)(H,32,34)/t17-,22-/m0/s1. The highest BCUT2D eigenvalue weighted by Crippen LogP contribution is 2.26. The van der Waals surface area contributed by atoms with Crippen molar-refractivity contribution in [2.45, 2.75) is 30.2 Å². The van der Waals surface area contributed by atoms with Gasteiger partial charge in [0.25, 0.3) is 5.91 Å². The maximum absolute atomic E-state index is 13.1. The number of hydrogen-bond acceptors (Lipinski definition) is 8. The van der Waals surface area contributed by atoms with Gasteiger partial charge in [-0.15, -0.1) is 0 Å². The van der Waals surface area contributed by atoms with E-state index in [0.29, 0.717) is 29.6 Å². The summed E-state index contributed by atoms with van der Waals surface area (Å²) in [6, 6.07) is 11.5. The van der Waals surface area contributed by atoms with Crippen molar-refractivity contribution in [2.24, 2.45) is 5.92 Å². The van der Waals surface area contributed by atoms with Gasteiger partial charge in [0.15, 0.2) is 15.6 Å². The Morgan fingerprint density at radius 3 is 2.56 bits per heavy atom. The summed E-state index contributed by atoms with van der Waals surface area (Å²) in [5.41, 5.74) is 0.931. The molecule has 1 aliphatic heterocycles. The highest BCUT2D eigenvalue weighted by Gasteiger charge is 2.30. The van der Waals surface area contributed by atoms with Crippen LogP contribution in [0.5, 0.6) is 11.5 Å². The summed E-state index contributed by atoms with van der Waals surface area (Å²) in [4.78, 5) is 54.0. The molecule has 0 spiro atoms. The summed E-state index contributed by atoms with van der Waals surface area (Å²) >= 11 is 0. The van der Waals surface area contributed by atoms with Crippen molar-refractivity contribution in [1.82, 2.24) is 20.9 Å². The largest absolute Gasteiger partial charge is 0.496 e. The Balaban J connectivity index is 1.38. The van der Waals surface area contributed by atoms with Gasteiger partial charge in [-0.2, -0.15) is 0 Å². The van der Waals surface area contributed by atoms with E-state index < -0.39 is 52.5 Å². The first-order chi connectivity index (χ1) is 19.5. The Bertz CT molecular complexity index is 1550. The van der Waals surface area contributed by atoms with Crippen molar-refractivity contribution in [1.29, 1.82) is 0 Å². The molecule has 1 aliphatic rings. The number of rotatable bonds is 12. The summed E-state index contributed by atoms with van der Waals surface area (Å²) in [6.45, 7) is -0.265. The van der Waals surface area contributed by atoms with Crippen LogP contribution in [0.2, 0.25) is 0 Å². The molecule has 41 heavy (non-hydrogen) atoms. The third-order valence-corrected chi connectivity index (χ3v) is 7.90. The van der Waals surface area contributed by atoms with Gasteiger partial charge < -0.3 is 30.4 Å². The zero-order chi connectivity index (χ0) is 29.6. The van der Waals surface area contributed by atoms with E-state index in [1.807, 2.05) is 0 Å². The minimum absolute atomic E-state index is 0.0720. The van der Waals surface area contributed by atoms with E-state index in [9.17, 15) is 27.6 Å². The molecule has 1 saturated heterocycles. The van der Waals surface area contributed by atoms with E-state index in [1.165, 1.54) is 31.4 Å². The van der Waals surface area contributed by atoms with Gasteiger partial charge in [-0.05, 0) is 61.7 Å². The van der Waals surface area contributed by atoms with Gasteiger partial charge in [0.05, 0.1) is 24.6 Å². The smallest absolute Gasteiger partial charge is 0.268 e. The van der Waals surface area contributed by atoms with Crippen LogP contribution in [-0.2, 0) is 24.2 Å². The minimum Gasteiger partial charge on any atom is -0.496 e. The van der Waals surface area contributed by atoms with Crippen LogP contribution in [0.25, 0.3) is 10.9 Å². The Kier molecular flexibility index (Phi) is 9.28. The molecular formula is C28H32N4O8S. The van der Waals surface area contributed by atoms with Crippen LogP contribution >= 0.6 is 0 Å². The molecule has 1 fully saturated rings. The van der Waals surface area contributed by atoms with E-state index in [4.69, 9.17) is 9.47 Å². The third kappa shape index (κ3) is 7.63. The van der Waals surface area contributed by atoms with Crippen LogP contribution < -0.4 is 25.4 Å². The molecule has 3 aromatic rings. The monoisotopic (exact) mass is 584 g/mol. The zero-order valence-electron chi connectivity index (χ0n) is 22.7. The number of hydrogen-bond donors (Lipinski definition) is 4. The van der Waals surface area contributed by atoms with Crippen molar-refractivity contribution in [2.75, 3.05) is 33.1 Å². The highest BCUT2D eigenvalue weighted by molar-refractivity contribution is 7.90. The molecule has 0 bridgehead atoms. The normalized spacial score (nSPS) is 16.0.